The van der Waals surface area contributed by atoms with Crippen LogP contribution < -0.4 is 18.8 Å². The molecule has 0 unspecified atom stereocenters. The molecule has 0 aliphatic heterocycles. The van der Waals surface area contributed by atoms with Gasteiger partial charge < -0.3 is 18.8 Å². The summed E-state index contributed by atoms with van der Waals surface area (Å²) >= 11 is 0. The van der Waals surface area contributed by atoms with Gasteiger partial charge in [0.15, 0.2) is 0 Å². The fourth-order valence-electron chi connectivity index (χ4n) is 0. The van der Waals surface area contributed by atoms with Gasteiger partial charge in [0.25, 0.3) is 0 Å². The summed E-state index contributed by atoms with van der Waals surface area (Å²) in [5, 5.41) is 0. The number of rotatable bonds is 0. The Balaban J connectivity index is 0. The van der Waals surface area contributed by atoms with Crippen LogP contribution >= 0.6 is 0 Å². The van der Waals surface area contributed by atoms with Gasteiger partial charge >= 0.3 is 54.8 Å². The van der Waals surface area contributed by atoms with Crippen LogP contribution in [0.5, 0.6) is 0 Å². The van der Waals surface area contributed by atoms with Gasteiger partial charge in [0.1, 0.15) is 0 Å². The summed E-state index contributed by atoms with van der Waals surface area (Å²) in [6, 6.07) is 0. The molecule has 0 fully saturated rings. The van der Waals surface area contributed by atoms with E-state index in [1.54, 1.807) is 0 Å². The zero-order chi connectivity index (χ0) is 0. The maximum absolute atomic E-state index is 0. The molecule has 4 radical (unpaired) electrons. The fourth-order valence-corrected chi connectivity index (χ4v) is 0. The van der Waals surface area contributed by atoms with E-state index in [4.69, 9.17) is 0 Å². The molecule has 0 bridgehead atoms. The summed E-state index contributed by atoms with van der Waals surface area (Å²) in [5.74, 6) is 0. The van der Waals surface area contributed by atoms with Gasteiger partial charge in [-0.1, -0.05) is 0 Å². The van der Waals surface area contributed by atoms with E-state index in [0.717, 1.165) is 0 Å². The minimum absolute atomic E-state index is 0. The van der Waals surface area contributed by atoms with Crippen molar-refractivity contribution in [3.05, 3.63) is 0 Å². The number of halogens is 4. The SMILES string of the molecule is [Ca+2].[F-].[F-].[F-].[F-].[Se+2]. The molecule has 0 spiro atoms. The fraction of sp³-hybridized carbons (Fsp3) is 0. The zero-order valence-electron chi connectivity index (χ0n) is 2.63. The Morgan fingerprint density at radius 2 is 0.500 bits per heavy atom. The van der Waals surface area contributed by atoms with Gasteiger partial charge in [-0.05, 0) is 0 Å². The predicted molar refractivity (Wildman–Crippen MR) is 11.5 cm³/mol. The zero-order valence-corrected chi connectivity index (χ0v) is 6.55. The predicted octanol–water partition coefficient (Wildman–Crippen LogP) is -12.7. The van der Waals surface area contributed by atoms with Gasteiger partial charge in [0.2, 0.25) is 0 Å². The summed E-state index contributed by atoms with van der Waals surface area (Å²) in [6.45, 7) is 0. The second-order valence-electron chi connectivity index (χ2n) is 0. The molecule has 6 heteroatoms. The van der Waals surface area contributed by atoms with Crippen molar-refractivity contribution in [2.24, 2.45) is 0 Å². The van der Waals surface area contributed by atoms with Crippen LogP contribution in [0, 0.1) is 0 Å². The standard InChI is InChI=1S/Ca.4FH.Se/h;4*1H;/q+2;;;;;+2/p-4. The molecule has 0 saturated carbocycles. The van der Waals surface area contributed by atoms with Crippen molar-refractivity contribution in [3.63, 3.8) is 0 Å². The molecule has 0 aromatic carbocycles. The van der Waals surface area contributed by atoms with Crippen LogP contribution in [0.4, 0.5) is 0 Å². The molecular formula is CaF4Se. The van der Waals surface area contributed by atoms with E-state index in [1.807, 2.05) is 0 Å². The Labute approximate surface area is 73.0 Å². The minimum Gasteiger partial charge on any atom is -1.00 e. The van der Waals surface area contributed by atoms with E-state index in [1.165, 1.54) is 0 Å². The van der Waals surface area contributed by atoms with Crippen molar-refractivity contribution in [3.8, 4) is 0 Å². The molecule has 0 amide bonds. The van der Waals surface area contributed by atoms with Crippen molar-refractivity contribution in [1.29, 1.82) is 0 Å². The van der Waals surface area contributed by atoms with Crippen molar-refractivity contribution >= 4 is 54.8 Å². The van der Waals surface area contributed by atoms with E-state index >= 15 is 0 Å². The monoisotopic (exact) mass is 196 g/mol. The third-order valence-electron chi connectivity index (χ3n) is 0. The van der Waals surface area contributed by atoms with Crippen LogP contribution in [0.2, 0.25) is 0 Å². The molecule has 0 aliphatic carbocycles. The van der Waals surface area contributed by atoms with E-state index in [-0.39, 0.29) is 73.6 Å². The van der Waals surface area contributed by atoms with Gasteiger partial charge in [-0.3, -0.25) is 0 Å². The minimum atomic E-state index is 0. The van der Waals surface area contributed by atoms with E-state index in [0.29, 0.717) is 0 Å². The van der Waals surface area contributed by atoms with Gasteiger partial charge in [-0.2, -0.15) is 0 Å². The first-order valence-electron chi connectivity index (χ1n) is 0. The summed E-state index contributed by atoms with van der Waals surface area (Å²) < 4.78 is 0. The second kappa shape index (κ2) is 87.4. The Morgan fingerprint density at radius 3 is 0.500 bits per heavy atom. The number of hydrogen-bond donors (Lipinski definition) is 0. The van der Waals surface area contributed by atoms with Crippen LogP contribution in [0.15, 0.2) is 0 Å². The Hall–Kier alpha value is 1.50. The first kappa shape index (κ1) is 141. The Kier molecular flexibility index (Phi) is 2050. The molecule has 0 rings (SSSR count). The summed E-state index contributed by atoms with van der Waals surface area (Å²) in [4.78, 5) is 0. The summed E-state index contributed by atoms with van der Waals surface area (Å²) in [5.41, 5.74) is 0. The molecule has 0 saturated heterocycles. The third kappa shape index (κ3) is 49.5. The normalized spacial score (nSPS) is 0. The summed E-state index contributed by atoms with van der Waals surface area (Å²) in [7, 11) is 0. The average molecular weight is 195 g/mol. The van der Waals surface area contributed by atoms with Gasteiger partial charge in [0.05, 0.1) is 0 Å². The molecular weight excluding hydrogens is 195 g/mol. The van der Waals surface area contributed by atoms with E-state index in [2.05, 4.69) is 0 Å². The Morgan fingerprint density at radius 1 is 0.500 bits per heavy atom. The molecule has 0 atom stereocenters. The first-order chi connectivity index (χ1) is 0. The molecule has 6 heavy (non-hydrogen) atoms. The van der Waals surface area contributed by atoms with Crippen molar-refractivity contribution < 1.29 is 18.8 Å². The smallest absolute Gasteiger partial charge is 1.00 e. The molecule has 0 N–H and O–H groups in total. The van der Waals surface area contributed by atoms with Crippen molar-refractivity contribution in [2.75, 3.05) is 0 Å². The first-order valence-corrected chi connectivity index (χ1v) is 0. The van der Waals surface area contributed by atoms with Crippen LogP contribution in [0.3, 0.4) is 0 Å². The van der Waals surface area contributed by atoms with Crippen molar-refractivity contribution in [2.45, 2.75) is 0 Å². The van der Waals surface area contributed by atoms with Crippen LogP contribution in [0.1, 0.15) is 0 Å². The second-order valence-corrected chi connectivity index (χ2v) is 0. The molecule has 0 nitrogen and oxygen atoms in total. The quantitative estimate of drug-likeness (QED) is 0.266. The maximum atomic E-state index is 0. The average Bonchev–Trinajstić information content (AvgIpc) is 0. The topological polar surface area (TPSA) is 0 Å². The van der Waals surface area contributed by atoms with Crippen molar-refractivity contribution in [1.82, 2.24) is 0 Å². The molecule has 0 aromatic heterocycles. The molecule has 0 heterocycles. The van der Waals surface area contributed by atoms with Gasteiger partial charge in [-0.15, -0.1) is 0 Å². The molecule has 36 valence electrons. The maximum Gasteiger partial charge on any atom is 2.00 e. The number of hydrogen-bond acceptors (Lipinski definition) is 0. The summed E-state index contributed by atoms with van der Waals surface area (Å²) in [6.07, 6.45) is 0. The van der Waals surface area contributed by atoms with Crippen LogP contribution in [-0.4, -0.2) is 54.8 Å². The molecule has 0 aromatic rings. The van der Waals surface area contributed by atoms with E-state index in [9.17, 15) is 0 Å². The van der Waals surface area contributed by atoms with E-state index < -0.39 is 0 Å². The molecule has 0 aliphatic rings. The van der Waals surface area contributed by atoms with Gasteiger partial charge in [0, 0.05) is 0 Å². The Bertz CT molecular complexity index is 7.51. The van der Waals surface area contributed by atoms with Crippen LogP contribution in [-0.2, 0) is 0 Å². The third-order valence-corrected chi connectivity index (χ3v) is 0. The van der Waals surface area contributed by atoms with Gasteiger partial charge in [-0.25, -0.2) is 0 Å². The largest absolute Gasteiger partial charge is 2.00 e. The van der Waals surface area contributed by atoms with Crippen LogP contribution in [0.25, 0.3) is 0 Å².